The van der Waals surface area contributed by atoms with Gasteiger partial charge in [0.1, 0.15) is 0 Å². The molecule has 0 unspecified atom stereocenters. The molecule has 1 saturated carbocycles. The van der Waals surface area contributed by atoms with Crippen LogP contribution in [0.5, 0.6) is 0 Å². The van der Waals surface area contributed by atoms with Gasteiger partial charge in [-0.05, 0) is 38.5 Å². The van der Waals surface area contributed by atoms with Crippen LogP contribution >= 0.6 is 0 Å². The lowest BCUT2D eigenvalue weighted by Gasteiger charge is -2.26. The van der Waals surface area contributed by atoms with Crippen LogP contribution in [0.15, 0.2) is 0 Å². The van der Waals surface area contributed by atoms with Crippen molar-refractivity contribution in [3.8, 4) is 0 Å². The highest BCUT2D eigenvalue weighted by Gasteiger charge is 2.17. The summed E-state index contributed by atoms with van der Waals surface area (Å²) in [5, 5.41) is 6.11. The quantitative estimate of drug-likeness (QED) is 0.714. The number of amides is 1. The predicted molar refractivity (Wildman–Crippen MR) is 58.1 cm³/mol. The van der Waals surface area contributed by atoms with Crippen molar-refractivity contribution in [2.24, 2.45) is 5.92 Å². The van der Waals surface area contributed by atoms with Crippen LogP contribution in [0.1, 0.15) is 39.5 Å². The van der Waals surface area contributed by atoms with E-state index in [1.807, 2.05) is 6.92 Å². The van der Waals surface area contributed by atoms with Crippen molar-refractivity contribution in [2.45, 2.75) is 45.6 Å². The summed E-state index contributed by atoms with van der Waals surface area (Å²) in [6.07, 6.45) is 5.04. The maximum atomic E-state index is 11.2. The summed E-state index contributed by atoms with van der Waals surface area (Å²) in [6, 6.07) is 0.564. The van der Waals surface area contributed by atoms with Gasteiger partial charge in [-0.15, -0.1) is 0 Å². The Kier molecular flexibility index (Phi) is 4.94. The van der Waals surface area contributed by atoms with Gasteiger partial charge in [0.15, 0.2) is 0 Å². The Hall–Kier alpha value is -0.570. The first-order chi connectivity index (χ1) is 6.72. The van der Waals surface area contributed by atoms with Gasteiger partial charge in [0, 0.05) is 12.6 Å². The number of hydrogen-bond donors (Lipinski definition) is 2. The van der Waals surface area contributed by atoms with E-state index < -0.39 is 0 Å². The zero-order valence-electron chi connectivity index (χ0n) is 9.31. The smallest absolute Gasteiger partial charge is 0.233 e. The average molecular weight is 198 g/mol. The third kappa shape index (κ3) is 4.09. The maximum Gasteiger partial charge on any atom is 0.233 e. The molecule has 0 saturated heterocycles. The van der Waals surface area contributed by atoms with E-state index in [1.165, 1.54) is 25.7 Å². The second-order valence-electron chi connectivity index (χ2n) is 4.29. The molecule has 2 N–H and O–H groups in total. The molecule has 0 aliphatic heterocycles. The lowest BCUT2D eigenvalue weighted by Crippen LogP contribution is -2.40. The molecular weight excluding hydrogens is 176 g/mol. The Morgan fingerprint density at radius 3 is 2.50 bits per heavy atom. The molecular formula is C11H22N2O. The maximum absolute atomic E-state index is 11.2. The Morgan fingerprint density at radius 2 is 1.93 bits per heavy atom. The summed E-state index contributed by atoms with van der Waals surface area (Å²) < 4.78 is 0. The highest BCUT2D eigenvalue weighted by Crippen LogP contribution is 2.23. The lowest BCUT2D eigenvalue weighted by atomic mass is 9.87. The van der Waals surface area contributed by atoms with Crippen LogP contribution in [0.3, 0.4) is 0 Å². The second-order valence-corrected chi connectivity index (χ2v) is 4.29. The third-order valence-corrected chi connectivity index (χ3v) is 2.94. The normalized spacial score (nSPS) is 27.3. The van der Waals surface area contributed by atoms with Crippen LogP contribution in [0.25, 0.3) is 0 Å². The van der Waals surface area contributed by atoms with E-state index in [0.717, 1.165) is 12.5 Å². The van der Waals surface area contributed by atoms with E-state index in [1.54, 1.807) is 0 Å². The summed E-state index contributed by atoms with van der Waals surface area (Å²) in [6.45, 7) is 5.45. The van der Waals surface area contributed by atoms with Crippen molar-refractivity contribution in [3.63, 3.8) is 0 Å². The zero-order chi connectivity index (χ0) is 10.4. The SMILES string of the molecule is CCNC(=O)CNC1CCC(C)CC1. The molecule has 1 rings (SSSR count). The summed E-state index contributed by atoms with van der Waals surface area (Å²) in [5.74, 6) is 0.989. The van der Waals surface area contributed by atoms with Gasteiger partial charge in [-0.2, -0.15) is 0 Å². The minimum absolute atomic E-state index is 0.117. The standard InChI is InChI=1S/C11H22N2O/c1-3-12-11(14)8-13-10-6-4-9(2)5-7-10/h9-10,13H,3-8H2,1-2H3,(H,12,14). The van der Waals surface area contributed by atoms with Gasteiger partial charge >= 0.3 is 0 Å². The molecule has 1 aliphatic rings. The molecule has 82 valence electrons. The Labute approximate surface area is 86.6 Å². The predicted octanol–water partition coefficient (Wildman–Crippen LogP) is 1.29. The number of carbonyl (C=O) groups is 1. The van der Waals surface area contributed by atoms with E-state index in [-0.39, 0.29) is 5.91 Å². The van der Waals surface area contributed by atoms with Crippen LogP contribution in [0.4, 0.5) is 0 Å². The van der Waals surface area contributed by atoms with Crippen molar-refractivity contribution in [1.82, 2.24) is 10.6 Å². The molecule has 0 radical (unpaired) electrons. The number of hydrogen-bond acceptors (Lipinski definition) is 2. The first kappa shape index (κ1) is 11.5. The lowest BCUT2D eigenvalue weighted by molar-refractivity contribution is -0.120. The Morgan fingerprint density at radius 1 is 1.29 bits per heavy atom. The summed E-state index contributed by atoms with van der Waals surface area (Å²) in [7, 11) is 0. The van der Waals surface area contributed by atoms with Gasteiger partial charge in [0.25, 0.3) is 0 Å². The molecule has 0 atom stereocenters. The number of rotatable bonds is 4. The fraction of sp³-hybridized carbons (Fsp3) is 0.909. The Balaban J connectivity index is 2.09. The van der Waals surface area contributed by atoms with E-state index in [9.17, 15) is 4.79 Å². The topological polar surface area (TPSA) is 41.1 Å². The average Bonchev–Trinajstić information content (AvgIpc) is 2.17. The van der Waals surface area contributed by atoms with E-state index in [2.05, 4.69) is 17.6 Å². The zero-order valence-corrected chi connectivity index (χ0v) is 9.31. The summed E-state index contributed by atoms with van der Waals surface area (Å²) >= 11 is 0. The second kappa shape index (κ2) is 6.02. The number of carbonyl (C=O) groups excluding carboxylic acids is 1. The molecule has 14 heavy (non-hydrogen) atoms. The fourth-order valence-corrected chi connectivity index (χ4v) is 1.96. The van der Waals surface area contributed by atoms with E-state index >= 15 is 0 Å². The molecule has 0 bridgehead atoms. The minimum Gasteiger partial charge on any atom is -0.355 e. The highest BCUT2D eigenvalue weighted by atomic mass is 16.1. The van der Waals surface area contributed by atoms with E-state index in [4.69, 9.17) is 0 Å². The molecule has 1 fully saturated rings. The van der Waals surface area contributed by atoms with Gasteiger partial charge in [0.2, 0.25) is 5.91 Å². The molecule has 3 heteroatoms. The molecule has 0 heterocycles. The van der Waals surface area contributed by atoms with Crippen LogP contribution < -0.4 is 10.6 Å². The molecule has 0 aromatic heterocycles. The van der Waals surface area contributed by atoms with Crippen molar-refractivity contribution in [1.29, 1.82) is 0 Å². The van der Waals surface area contributed by atoms with Crippen molar-refractivity contribution in [3.05, 3.63) is 0 Å². The largest absolute Gasteiger partial charge is 0.355 e. The molecule has 1 aliphatic carbocycles. The van der Waals surface area contributed by atoms with Crippen LogP contribution in [-0.4, -0.2) is 25.0 Å². The highest BCUT2D eigenvalue weighted by molar-refractivity contribution is 5.77. The third-order valence-electron chi connectivity index (χ3n) is 2.94. The van der Waals surface area contributed by atoms with Gasteiger partial charge < -0.3 is 10.6 Å². The summed E-state index contributed by atoms with van der Waals surface area (Å²) in [4.78, 5) is 11.2. The fourth-order valence-electron chi connectivity index (χ4n) is 1.96. The summed E-state index contributed by atoms with van der Waals surface area (Å²) in [5.41, 5.74) is 0. The van der Waals surface area contributed by atoms with Crippen molar-refractivity contribution < 1.29 is 4.79 Å². The molecule has 0 aromatic carbocycles. The van der Waals surface area contributed by atoms with Crippen molar-refractivity contribution >= 4 is 5.91 Å². The number of nitrogens with one attached hydrogen (secondary N) is 2. The van der Waals surface area contributed by atoms with Gasteiger partial charge in [-0.3, -0.25) is 4.79 Å². The first-order valence-corrected chi connectivity index (χ1v) is 5.72. The van der Waals surface area contributed by atoms with Gasteiger partial charge in [-0.1, -0.05) is 6.92 Å². The van der Waals surface area contributed by atoms with Crippen molar-refractivity contribution in [2.75, 3.05) is 13.1 Å². The monoisotopic (exact) mass is 198 g/mol. The van der Waals surface area contributed by atoms with Gasteiger partial charge in [-0.25, -0.2) is 0 Å². The van der Waals surface area contributed by atoms with Crippen LogP contribution in [0.2, 0.25) is 0 Å². The van der Waals surface area contributed by atoms with Crippen LogP contribution in [0, 0.1) is 5.92 Å². The van der Waals surface area contributed by atoms with E-state index in [0.29, 0.717) is 12.6 Å². The van der Waals surface area contributed by atoms with Gasteiger partial charge in [0.05, 0.1) is 6.54 Å². The first-order valence-electron chi connectivity index (χ1n) is 5.72. The minimum atomic E-state index is 0.117. The molecule has 0 spiro atoms. The number of likely N-dealkylation sites (N-methyl/N-ethyl adjacent to an activating group) is 1. The van der Waals surface area contributed by atoms with Crippen LogP contribution in [-0.2, 0) is 4.79 Å². The molecule has 1 amide bonds. The molecule has 0 aromatic rings. The molecule has 3 nitrogen and oxygen atoms in total. The Bertz CT molecular complexity index is 174.